The molecule has 1 aliphatic rings. The maximum absolute atomic E-state index is 13.0. The number of hydrogen-bond donors (Lipinski definition) is 1. The summed E-state index contributed by atoms with van der Waals surface area (Å²) < 4.78 is 0. The second-order valence-corrected chi connectivity index (χ2v) is 7.10. The Bertz CT molecular complexity index is 880. The molecule has 0 spiro atoms. The standard InChI is InChI=1S/C19H18Cl2N2O2/c1-10-4-5-11(2)18-16(10)17(22-12(3)24)19(25)23(18)9-13-6-7-14(20)8-15(13)21/h4-8,17H,9H2,1-3H3,(H,22,24)/t17-/m1/s1. The highest BCUT2D eigenvalue weighted by Crippen LogP contribution is 2.41. The van der Waals surface area contributed by atoms with Crippen LogP contribution in [0, 0.1) is 13.8 Å². The first-order valence-electron chi connectivity index (χ1n) is 7.92. The molecule has 4 nitrogen and oxygen atoms in total. The van der Waals surface area contributed by atoms with Gasteiger partial charge in [0.25, 0.3) is 5.91 Å². The van der Waals surface area contributed by atoms with E-state index in [0.717, 1.165) is 27.9 Å². The van der Waals surface area contributed by atoms with Crippen molar-refractivity contribution >= 4 is 40.7 Å². The second-order valence-electron chi connectivity index (χ2n) is 6.26. The summed E-state index contributed by atoms with van der Waals surface area (Å²) in [5, 5.41) is 3.83. The number of carbonyl (C=O) groups is 2. The van der Waals surface area contributed by atoms with Crippen LogP contribution in [0.3, 0.4) is 0 Å². The number of anilines is 1. The Morgan fingerprint density at radius 2 is 1.84 bits per heavy atom. The molecule has 2 aromatic rings. The van der Waals surface area contributed by atoms with Crippen LogP contribution >= 0.6 is 23.2 Å². The van der Waals surface area contributed by atoms with Gasteiger partial charge in [-0.25, -0.2) is 0 Å². The van der Waals surface area contributed by atoms with E-state index >= 15 is 0 Å². The van der Waals surface area contributed by atoms with Crippen LogP contribution in [-0.4, -0.2) is 11.8 Å². The molecule has 0 aromatic heterocycles. The van der Waals surface area contributed by atoms with Crippen molar-refractivity contribution in [3.63, 3.8) is 0 Å². The van der Waals surface area contributed by atoms with Crippen molar-refractivity contribution in [3.8, 4) is 0 Å². The molecule has 2 aromatic carbocycles. The van der Waals surface area contributed by atoms with Crippen molar-refractivity contribution in [2.24, 2.45) is 0 Å². The maximum atomic E-state index is 13.0. The number of nitrogens with one attached hydrogen (secondary N) is 1. The Kier molecular flexibility index (Phi) is 4.76. The molecule has 6 heteroatoms. The summed E-state index contributed by atoms with van der Waals surface area (Å²) in [6.45, 7) is 5.64. The highest BCUT2D eigenvalue weighted by molar-refractivity contribution is 6.35. The van der Waals surface area contributed by atoms with E-state index in [0.29, 0.717) is 16.6 Å². The minimum atomic E-state index is -0.668. The Labute approximate surface area is 156 Å². The van der Waals surface area contributed by atoms with Crippen LogP contribution in [0.1, 0.15) is 35.2 Å². The van der Waals surface area contributed by atoms with E-state index in [4.69, 9.17) is 23.2 Å². The quantitative estimate of drug-likeness (QED) is 0.866. The first kappa shape index (κ1) is 17.8. The Morgan fingerprint density at radius 1 is 1.16 bits per heavy atom. The summed E-state index contributed by atoms with van der Waals surface area (Å²) in [5.41, 5.74) is 4.44. The fourth-order valence-corrected chi connectivity index (χ4v) is 3.71. The van der Waals surface area contributed by atoms with Crippen molar-refractivity contribution < 1.29 is 9.59 Å². The minimum Gasteiger partial charge on any atom is -0.341 e. The van der Waals surface area contributed by atoms with Crippen LogP contribution in [0.5, 0.6) is 0 Å². The highest BCUT2D eigenvalue weighted by Gasteiger charge is 2.40. The first-order chi connectivity index (χ1) is 11.8. The zero-order chi connectivity index (χ0) is 18.3. The molecule has 2 amide bonds. The van der Waals surface area contributed by atoms with Gasteiger partial charge in [-0.3, -0.25) is 9.59 Å². The molecule has 1 N–H and O–H groups in total. The van der Waals surface area contributed by atoms with Gasteiger partial charge in [0.05, 0.1) is 12.2 Å². The molecule has 130 valence electrons. The summed E-state index contributed by atoms with van der Waals surface area (Å²) >= 11 is 12.2. The topological polar surface area (TPSA) is 49.4 Å². The molecule has 25 heavy (non-hydrogen) atoms. The molecule has 0 bridgehead atoms. The first-order valence-corrected chi connectivity index (χ1v) is 8.67. The lowest BCUT2D eigenvalue weighted by Crippen LogP contribution is -2.36. The summed E-state index contributed by atoms with van der Waals surface area (Å²) in [5.74, 6) is -0.398. The number of hydrogen-bond acceptors (Lipinski definition) is 2. The normalized spacial score (nSPS) is 16.1. The van der Waals surface area contributed by atoms with Crippen molar-refractivity contribution in [2.75, 3.05) is 4.90 Å². The number of nitrogens with zero attached hydrogens (tertiary/aromatic N) is 1. The van der Waals surface area contributed by atoms with Gasteiger partial charge < -0.3 is 10.2 Å². The molecule has 1 aliphatic heterocycles. The van der Waals surface area contributed by atoms with Gasteiger partial charge in [0, 0.05) is 22.5 Å². The predicted molar refractivity (Wildman–Crippen MR) is 100 cm³/mol. The number of amides is 2. The van der Waals surface area contributed by atoms with Gasteiger partial charge in [-0.2, -0.15) is 0 Å². The highest BCUT2D eigenvalue weighted by atomic mass is 35.5. The Balaban J connectivity index is 2.08. The van der Waals surface area contributed by atoms with E-state index < -0.39 is 6.04 Å². The van der Waals surface area contributed by atoms with E-state index in [2.05, 4.69) is 5.32 Å². The number of aryl methyl sites for hydroxylation is 2. The number of rotatable bonds is 3. The molecular formula is C19H18Cl2N2O2. The van der Waals surface area contributed by atoms with E-state index in [1.165, 1.54) is 6.92 Å². The molecule has 0 saturated carbocycles. The van der Waals surface area contributed by atoms with Gasteiger partial charge in [-0.15, -0.1) is 0 Å². The maximum Gasteiger partial charge on any atom is 0.254 e. The monoisotopic (exact) mass is 376 g/mol. The second kappa shape index (κ2) is 6.70. The Morgan fingerprint density at radius 3 is 2.48 bits per heavy atom. The van der Waals surface area contributed by atoms with Crippen LogP contribution < -0.4 is 10.2 Å². The van der Waals surface area contributed by atoms with Crippen molar-refractivity contribution in [1.29, 1.82) is 0 Å². The van der Waals surface area contributed by atoms with E-state index in [9.17, 15) is 9.59 Å². The average Bonchev–Trinajstić information content (AvgIpc) is 2.80. The molecule has 0 unspecified atom stereocenters. The van der Waals surface area contributed by atoms with Gasteiger partial charge in [0.2, 0.25) is 5.91 Å². The van der Waals surface area contributed by atoms with Gasteiger partial charge in [0.1, 0.15) is 6.04 Å². The molecule has 0 radical (unpaired) electrons. The number of benzene rings is 2. The van der Waals surface area contributed by atoms with E-state index in [1.807, 2.05) is 32.0 Å². The summed E-state index contributed by atoms with van der Waals surface area (Å²) in [6.07, 6.45) is 0. The summed E-state index contributed by atoms with van der Waals surface area (Å²) in [4.78, 5) is 26.3. The predicted octanol–water partition coefficient (Wildman–Crippen LogP) is 4.33. The fourth-order valence-electron chi connectivity index (χ4n) is 3.24. The SMILES string of the molecule is CC(=O)N[C@H]1C(=O)N(Cc2ccc(Cl)cc2Cl)c2c(C)ccc(C)c21. The zero-order valence-corrected chi connectivity index (χ0v) is 15.7. The lowest BCUT2D eigenvalue weighted by atomic mass is 9.99. The van der Waals surface area contributed by atoms with E-state index in [1.54, 1.807) is 17.0 Å². The molecule has 0 fully saturated rings. The van der Waals surface area contributed by atoms with Crippen LogP contribution in [0.15, 0.2) is 30.3 Å². The van der Waals surface area contributed by atoms with Gasteiger partial charge in [-0.05, 0) is 42.7 Å². The zero-order valence-electron chi connectivity index (χ0n) is 14.2. The third-order valence-electron chi connectivity index (χ3n) is 4.40. The van der Waals surface area contributed by atoms with Crippen molar-refractivity contribution in [3.05, 3.63) is 62.6 Å². The molecule has 0 saturated heterocycles. The average molecular weight is 377 g/mol. The third kappa shape index (κ3) is 3.24. The minimum absolute atomic E-state index is 0.159. The number of halogens is 2. The van der Waals surface area contributed by atoms with E-state index in [-0.39, 0.29) is 11.8 Å². The Hall–Kier alpha value is -2.04. The summed E-state index contributed by atoms with van der Waals surface area (Å²) in [6, 6.07) is 8.50. The molecule has 0 aliphatic carbocycles. The van der Waals surface area contributed by atoms with Gasteiger partial charge in [0.15, 0.2) is 0 Å². The lowest BCUT2D eigenvalue weighted by Gasteiger charge is -2.20. The molecular weight excluding hydrogens is 359 g/mol. The van der Waals surface area contributed by atoms with Crippen LogP contribution in [-0.2, 0) is 16.1 Å². The van der Waals surface area contributed by atoms with Crippen LogP contribution in [0.25, 0.3) is 0 Å². The largest absolute Gasteiger partial charge is 0.341 e. The van der Waals surface area contributed by atoms with Crippen LogP contribution in [0.4, 0.5) is 5.69 Å². The number of carbonyl (C=O) groups excluding carboxylic acids is 2. The van der Waals surface area contributed by atoms with Crippen molar-refractivity contribution in [2.45, 2.75) is 33.4 Å². The summed E-state index contributed by atoms with van der Waals surface area (Å²) in [7, 11) is 0. The fraction of sp³-hybridized carbons (Fsp3) is 0.263. The number of fused-ring (bicyclic) bond motifs is 1. The van der Waals surface area contributed by atoms with Crippen LogP contribution in [0.2, 0.25) is 10.0 Å². The molecule has 3 rings (SSSR count). The smallest absolute Gasteiger partial charge is 0.254 e. The third-order valence-corrected chi connectivity index (χ3v) is 4.99. The van der Waals surface area contributed by atoms with Gasteiger partial charge >= 0.3 is 0 Å². The lowest BCUT2D eigenvalue weighted by molar-refractivity contribution is -0.126. The van der Waals surface area contributed by atoms with Crippen molar-refractivity contribution in [1.82, 2.24) is 5.32 Å². The van der Waals surface area contributed by atoms with Gasteiger partial charge in [-0.1, -0.05) is 41.4 Å². The molecule has 1 heterocycles. The molecule has 1 atom stereocenters.